The van der Waals surface area contributed by atoms with E-state index in [0.29, 0.717) is 15.9 Å². The number of benzene rings is 3. The van der Waals surface area contributed by atoms with Crippen molar-refractivity contribution in [3.05, 3.63) is 94.5 Å². The first-order valence-electron chi connectivity index (χ1n) is 12.8. The van der Waals surface area contributed by atoms with Crippen LogP contribution in [0.4, 0.5) is 5.69 Å². The summed E-state index contributed by atoms with van der Waals surface area (Å²) < 4.78 is 32.8. The van der Waals surface area contributed by atoms with Crippen molar-refractivity contribution < 1.29 is 22.7 Å². The highest BCUT2D eigenvalue weighted by molar-refractivity contribution is 9.10. The predicted molar refractivity (Wildman–Crippen MR) is 162 cm³/mol. The zero-order chi connectivity index (χ0) is 29.5. The molecule has 0 unspecified atom stereocenters. The molecule has 8 nitrogen and oxygen atoms in total. The SMILES string of the molecule is COc1cccc(CN(C(=O)CN(c2ccccc2Br)S(C)(=O)=O)[C@H](Cc2ccccc2)C(=O)NC(C)(C)C)c1. The molecule has 0 saturated heterocycles. The van der Waals surface area contributed by atoms with E-state index in [1.54, 1.807) is 43.5 Å². The molecular formula is C30H36BrN3O5S. The number of nitrogens with zero attached hydrogens (tertiary/aromatic N) is 2. The number of para-hydroxylation sites is 1. The van der Waals surface area contributed by atoms with E-state index in [4.69, 9.17) is 4.74 Å². The molecule has 0 bridgehead atoms. The summed E-state index contributed by atoms with van der Waals surface area (Å²) in [4.78, 5) is 29.4. The third-order valence-electron chi connectivity index (χ3n) is 6.06. The first-order valence-corrected chi connectivity index (χ1v) is 15.4. The molecule has 3 aromatic rings. The van der Waals surface area contributed by atoms with Gasteiger partial charge in [-0.05, 0) is 72.1 Å². The molecule has 214 valence electrons. The van der Waals surface area contributed by atoms with Crippen molar-refractivity contribution in [2.75, 3.05) is 24.2 Å². The van der Waals surface area contributed by atoms with Crippen LogP contribution in [0.25, 0.3) is 0 Å². The first kappa shape index (κ1) is 31.2. The second kappa shape index (κ2) is 13.3. The quantitative estimate of drug-likeness (QED) is 0.329. The highest BCUT2D eigenvalue weighted by Gasteiger charge is 2.34. The Morgan fingerprint density at radius 1 is 0.950 bits per heavy atom. The van der Waals surface area contributed by atoms with Gasteiger partial charge in [-0.25, -0.2) is 8.42 Å². The van der Waals surface area contributed by atoms with Crippen molar-refractivity contribution in [1.29, 1.82) is 0 Å². The maximum Gasteiger partial charge on any atom is 0.244 e. The van der Waals surface area contributed by atoms with Gasteiger partial charge < -0.3 is 15.0 Å². The number of carbonyl (C=O) groups excluding carboxylic acids is 2. The van der Waals surface area contributed by atoms with Gasteiger partial charge in [0.2, 0.25) is 21.8 Å². The van der Waals surface area contributed by atoms with Gasteiger partial charge in [0.1, 0.15) is 18.3 Å². The molecule has 0 radical (unpaired) electrons. The van der Waals surface area contributed by atoms with Gasteiger partial charge in [0.25, 0.3) is 0 Å². The number of sulfonamides is 1. The van der Waals surface area contributed by atoms with E-state index in [1.807, 2.05) is 63.2 Å². The number of nitrogens with one attached hydrogen (secondary N) is 1. The highest BCUT2D eigenvalue weighted by Crippen LogP contribution is 2.28. The number of methoxy groups -OCH3 is 1. The highest BCUT2D eigenvalue weighted by atomic mass is 79.9. The molecule has 0 spiro atoms. The van der Waals surface area contributed by atoms with Crippen LogP contribution in [0, 0.1) is 0 Å². The lowest BCUT2D eigenvalue weighted by Crippen LogP contribution is -2.56. The van der Waals surface area contributed by atoms with E-state index < -0.39 is 34.1 Å². The lowest BCUT2D eigenvalue weighted by atomic mass is 10.0. The Morgan fingerprint density at radius 3 is 2.17 bits per heavy atom. The van der Waals surface area contributed by atoms with Crippen LogP contribution in [0.15, 0.2) is 83.3 Å². The summed E-state index contributed by atoms with van der Waals surface area (Å²) in [6, 6.07) is 22.5. The maximum absolute atomic E-state index is 14.1. The summed E-state index contributed by atoms with van der Waals surface area (Å²) in [5.74, 6) is -0.247. The van der Waals surface area contributed by atoms with Gasteiger partial charge in [-0.1, -0.05) is 54.6 Å². The van der Waals surface area contributed by atoms with Crippen LogP contribution in [0.3, 0.4) is 0 Å². The van der Waals surface area contributed by atoms with Crippen LogP contribution in [0.2, 0.25) is 0 Å². The smallest absolute Gasteiger partial charge is 0.244 e. The van der Waals surface area contributed by atoms with Crippen molar-refractivity contribution in [1.82, 2.24) is 10.2 Å². The molecule has 1 atom stereocenters. The molecule has 0 heterocycles. The van der Waals surface area contributed by atoms with Gasteiger partial charge in [0.05, 0.1) is 19.1 Å². The number of hydrogen-bond donors (Lipinski definition) is 1. The monoisotopic (exact) mass is 629 g/mol. The molecule has 3 rings (SSSR count). The van der Waals surface area contributed by atoms with Crippen molar-refractivity contribution >= 4 is 43.5 Å². The molecule has 0 aliphatic heterocycles. The normalized spacial score (nSPS) is 12.3. The van der Waals surface area contributed by atoms with E-state index in [2.05, 4.69) is 21.2 Å². The fraction of sp³-hybridized carbons (Fsp3) is 0.333. The van der Waals surface area contributed by atoms with Crippen LogP contribution in [-0.4, -0.2) is 56.6 Å². The fourth-order valence-electron chi connectivity index (χ4n) is 4.22. The minimum atomic E-state index is -3.85. The minimum absolute atomic E-state index is 0.0681. The minimum Gasteiger partial charge on any atom is -0.497 e. The molecule has 0 saturated carbocycles. The average molecular weight is 631 g/mol. The number of hydrogen-bond acceptors (Lipinski definition) is 5. The first-order chi connectivity index (χ1) is 18.8. The molecule has 0 aliphatic carbocycles. The predicted octanol–water partition coefficient (Wildman–Crippen LogP) is 4.78. The van der Waals surface area contributed by atoms with Crippen molar-refractivity contribution in [2.45, 2.75) is 45.3 Å². The van der Waals surface area contributed by atoms with E-state index in [0.717, 1.165) is 21.7 Å². The number of amides is 2. The molecule has 2 amide bonds. The van der Waals surface area contributed by atoms with Gasteiger partial charge in [0.15, 0.2) is 0 Å². The largest absolute Gasteiger partial charge is 0.497 e. The van der Waals surface area contributed by atoms with Crippen LogP contribution >= 0.6 is 15.9 Å². The van der Waals surface area contributed by atoms with E-state index >= 15 is 0 Å². The Bertz CT molecular complexity index is 1420. The zero-order valence-electron chi connectivity index (χ0n) is 23.4. The van der Waals surface area contributed by atoms with Crippen LogP contribution in [-0.2, 0) is 32.6 Å². The summed E-state index contributed by atoms with van der Waals surface area (Å²) in [7, 11) is -2.30. The Morgan fingerprint density at radius 2 is 1.57 bits per heavy atom. The Labute approximate surface area is 245 Å². The summed E-state index contributed by atoms with van der Waals surface area (Å²) in [6.45, 7) is 5.20. The van der Waals surface area contributed by atoms with Gasteiger partial charge in [-0.2, -0.15) is 0 Å². The molecule has 3 aromatic carbocycles. The van der Waals surface area contributed by atoms with Gasteiger partial charge in [-0.3, -0.25) is 13.9 Å². The van der Waals surface area contributed by atoms with E-state index in [-0.39, 0.29) is 18.9 Å². The van der Waals surface area contributed by atoms with Crippen LogP contribution < -0.4 is 14.4 Å². The standard InChI is InChI=1S/C30H36BrN3O5S/c1-30(2,3)32-29(36)27(19-22-12-7-6-8-13-22)33(20-23-14-11-15-24(18-23)39-4)28(35)21-34(40(5,37)38)26-17-10-9-16-25(26)31/h6-18,27H,19-21H2,1-5H3,(H,32,36)/t27-/m1/s1. The lowest BCUT2D eigenvalue weighted by Gasteiger charge is -2.35. The summed E-state index contributed by atoms with van der Waals surface area (Å²) in [5.41, 5.74) is 1.38. The summed E-state index contributed by atoms with van der Waals surface area (Å²) in [5, 5.41) is 3.01. The maximum atomic E-state index is 14.1. The van der Waals surface area contributed by atoms with Crippen molar-refractivity contribution in [3.63, 3.8) is 0 Å². The third-order valence-corrected chi connectivity index (χ3v) is 7.85. The Kier molecular flexibility index (Phi) is 10.4. The average Bonchev–Trinajstić information content (AvgIpc) is 2.88. The van der Waals surface area contributed by atoms with Gasteiger partial charge in [-0.15, -0.1) is 0 Å². The Balaban J connectivity index is 2.10. The Hall–Kier alpha value is -3.37. The summed E-state index contributed by atoms with van der Waals surface area (Å²) >= 11 is 3.41. The van der Waals surface area contributed by atoms with E-state index in [9.17, 15) is 18.0 Å². The van der Waals surface area contributed by atoms with Crippen LogP contribution in [0.1, 0.15) is 31.9 Å². The molecule has 1 N–H and O–H groups in total. The van der Waals surface area contributed by atoms with E-state index in [1.165, 1.54) is 4.90 Å². The number of anilines is 1. The zero-order valence-corrected chi connectivity index (χ0v) is 25.8. The molecule has 0 fully saturated rings. The molecular weight excluding hydrogens is 594 g/mol. The lowest BCUT2D eigenvalue weighted by molar-refractivity contribution is -0.140. The van der Waals surface area contributed by atoms with Gasteiger partial charge >= 0.3 is 0 Å². The van der Waals surface area contributed by atoms with Gasteiger partial charge in [0, 0.05) is 23.0 Å². The molecule has 40 heavy (non-hydrogen) atoms. The molecule has 0 aliphatic rings. The molecule has 10 heteroatoms. The summed E-state index contributed by atoms with van der Waals surface area (Å²) in [6.07, 6.45) is 1.30. The molecule has 0 aromatic heterocycles. The van der Waals surface area contributed by atoms with Crippen molar-refractivity contribution in [2.24, 2.45) is 0 Å². The number of rotatable bonds is 11. The number of ether oxygens (including phenoxy) is 1. The van der Waals surface area contributed by atoms with Crippen LogP contribution in [0.5, 0.6) is 5.75 Å². The van der Waals surface area contributed by atoms with Crippen molar-refractivity contribution in [3.8, 4) is 5.75 Å². The second-order valence-corrected chi connectivity index (χ2v) is 13.3. The topological polar surface area (TPSA) is 96.0 Å². The second-order valence-electron chi connectivity index (χ2n) is 10.5. The third kappa shape index (κ3) is 8.82. The number of halogens is 1. The number of carbonyl (C=O) groups is 2. The fourth-order valence-corrected chi connectivity index (χ4v) is 5.70.